The van der Waals surface area contributed by atoms with Gasteiger partial charge in [-0.3, -0.25) is 14.6 Å². The van der Waals surface area contributed by atoms with Crippen molar-refractivity contribution in [1.82, 2.24) is 19.7 Å². The molecule has 0 unspecified atom stereocenters. The van der Waals surface area contributed by atoms with Gasteiger partial charge in [-0.1, -0.05) is 0 Å². The Morgan fingerprint density at radius 1 is 1.00 bits per heavy atom. The number of aromatic nitrogens is 4. The molecule has 9 heteroatoms. The normalized spacial score (nSPS) is 13.1. The topological polar surface area (TPSA) is 99.4 Å². The highest BCUT2D eigenvalue weighted by atomic mass is 16.5. The molecule has 4 aromatic rings. The van der Waals surface area contributed by atoms with Crippen LogP contribution in [0.3, 0.4) is 0 Å². The van der Waals surface area contributed by atoms with Gasteiger partial charge in [-0.15, -0.1) is 0 Å². The molecule has 4 heterocycles. The smallest absolute Gasteiger partial charge is 0.267 e. The molecule has 9 nitrogen and oxygen atoms in total. The van der Waals surface area contributed by atoms with Crippen LogP contribution in [0.5, 0.6) is 11.5 Å². The van der Waals surface area contributed by atoms with Crippen molar-refractivity contribution < 1.29 is 19.1 Å². The SMILES string of the molecule is COc1ccc(OC)c(N2C(=O)c3cnc4c(c(-c5cccnc5)nn4C)c3C2=O)c1. The third-order valence-electron chi connectivity index (χ3n) is 5.26. The highest BCUT2D eigenvalue weighted by Gasteiger charge is 2.41. The molecule has 0 spiro atoms. The largest absolute Gasteiger partial charge is 0.497 e. The molecule has 0 N–H and O–H groups in total. The zero-order chi connectivity index (χ0) is 21.7. The Bertz CT molecular complexity index is 1360. The molecule has 1 aliphatic heterocycles. The van der Waals surface area contributed by atoms with E-state index in [1.165, 1.54) is 20.4 Å². The van der Waals surface area contributed by atoms with Crippen molar-refractivity contribution in [3.63, 3.8) is 0 Å². The van der Waals surface area contributed by atoms with Crippen LogP contribution in [-0.2, 0) is 7.05 Å². The highest BCUT2D eigenvalue weighted by Crippen LogP contribution is 2.40. The molecule has 0 bridgehead atoms. The van der Waals surface area contributed by atoms with Crippen LogP contribution >= 0.6 is 0 Å². The highest BCUT2D eigenvalue weighted by molar-refractivity contribution is 6.38. The van der Waals surface area contributed by atoms with Gasteiger partial charge < -0.3 is 9.47 Å². The summed E-state index contributed by atoms with van der Waals surface area (Å²) in [4.78, 5) is 36.6. The average molecular weight is 415 g/mol. The van der Waals surface area contributed by atoms with E-state index in [9.17, 15) is 9.59 Å². The summed E-state index contributed by atoms with van der Waals surface area (Å²) in [7, 11) is 4.73. The van der Waals surface area contributed by atoms with Crippen LogP contribution in [0.2, 0.25) is 0 Å². The summed E-state index contributed by atoms with van der Waals surface area (Å²) in [5.74, 6) is -0.0923. The molecule has 0 aliphatic carbocycles. The number of hydrogen-bond donors (Lipinski definition) is 0. The van der Waals surface area contributed by atoms with Gasteiger partial charge in [0.1, 0.15) is 17.2 Å². The maximum absolute atomic E-state index is 13.6. The number of rotatable bonds is 4. The predicted molar refractivity (Wildman–Crippen MR) is 112 cm³/mol. The Kier molecular flexibility index (Phi) is 4.18. The number of anilines is 1. The number of imide groups is 1. The lowest BCUT2D eigenvalue weighted by Gasteiger charge is -2.18. The molecule has 1 aliphatic rings. The number of benzene rings is 1. The third-order valence-corrected chi connectivity index (χ3v) is 5.26. The van der Waals surface area contributed by atoms with Crippen LogP contribution in [0.15, 0.2) is 48.9 Å². The fourth-order valence-corrected chi connectivity index (χ4v) is 3.82. The number of hydrogen-bond acceptors (Lipinski definition) is 7. The molecular weight excluding hydrogens is 398 g/mol. The minimum absolute atomic E-state index is 0.209. The quantitative estimate of drug-likeness (QED) is 0.473. The summed E-state index contributed by atoms with van der Waals surface area (Å²) < 4.78 is 12.3. The summed E-state index contributed by atoms with van der Waals surface area (Å²) in [6, 6.07) is 8.57. The Hall–Kier alpha value is -4.27. The Morgan fingerprint density at radius 2 is 1.84 bits per heavy atom. The molecule has 0 radical (unpaired) electrons. The van der Waals surface area contributed by atoms with Crippen molar-refractivity contribution in [3.8, 4) is 22.8 Å². The molecule has 1 aromatic carbocycles. The van der Waals surface area contributed by atoms with Crippen molar-refractivity contribution in [2.45, 2.75) is 0 Å². The molecule has 5 rings (SSSR count). The molecule has 0 fully saturated rings. The number of aryl methyl sites for hydroxylation is 1. The Labute approximate surface area is 176 Å². The number of carbonyl (C=O) groups excluding carboxylic acids is 2. The van der Waals surface area contributed by atoms with Gasteiger partial charge in [-0.2, -0.15) is 5.10 Å². The third kappa shape index (κ3) is 2.67. The summed E-state index contributed by atoms with van der Waals surface area (Å²) in [6.07, 6.45) is 4.73. The van der Waals surface area contributed by atoms with Crippen molar-refractivity contribution in [3.05, 3.63) is 60.0 Å². The van der Waals surface area contributed by atoms with Crippen LogP contribution in [0.4, 0.5) is 5.69 Å². The molecule has 0 atom stereocenters. The van der Waals surface area contributed by atoms with Crippen LogP contribution in [0, 0.1) is 0 Å². The van der Waals surface area contributed by atoms with Crippen molar-refractivity contribution in [2.24, 2.45) is 7.05 Å². The summed E-state index contributed by atoms with van der Waals surface area (Å²) in [5.41, 5.74) is 2.52. The molecular formula is C22H17N5O4. The average Bonchev–Trinajstić information content (AvgIpc) is 3.27. The first-order valence-corrected chi connectivity index (χ1v) is 9.42. The molecule has 3 aromatic heterocycles. The number of carbonyl (C=O) groups is 2. The number of nitrogens with zero attached hydrogens (tertiary/aromatic N) is 5. The minimum atomic E-state index is -0.484. The number of fused-ring (bicyclic) bond motifs is 3. The zero-order valence-corrected chi connectivity index (χ0v) is 17.0. The lowest BCUT2D eigenvalue weighted by atomic mass is 10.0. The van der Waals surface area contributed by atoms with Crippen LogP contribution in [0.1, 0.15) is 20.7 Å². The van der Waals surface area contributed by atoms with Crippen molar-refractivity contribution in [1.29, 1.82) is 0 Å². The number of amides is 2. The number of methoxy groups -OCH3 is 2. The van der Waals surface area contributed by atoms with Crippen LogP contribution < -0.4 is 14.4 Å². The molecule has 2 amide bonds. The first-order valence-electron chi connectivity index (χ1n) is 9.42. The zero-order valence-electron chi connectivity index (χ0n) is 17.0. The second-order valence-electron chi connectivity index (χ2n) is 6.94. The first-order chi connectivity index (χ1) is 15.0. The van der Waals surface area contributed by atoms with E-state index in [4.69, 9.17) is 9.47 Å². The van der Waals surface area contributed by atoms with Crippen LogP contribution in [0.25, 0.3) is 22.3 Å². The fourth-order valence-electron chi connectivity index (χ4n) is 3.82. The minimum Gasteiger partial charge on any atom is -0.497 e. The lowest BCUT2D eigenvalue weighted by molar-refractivity contribution is 0.0925. The lowest BCUT2D eigenvalue weighted by Crippen LogP contribution is -2.29. The van der Waals surface area contributed by atoms with E-state index < -0.39 is 11.8 Å². The van der Waals surface area contributed by atoms with Gasteiger partial charge in [0.2, 0.25) is 0 Å². The number of ether oxygens (including phenoxy) is 2. The van der Waals surface area contributed by atoms with Crippen molar-refractivity contribution >= 4 is 28.5 Å². The summed E-state index contributed by atoms with van der Waals surface area (Å²) in [5, 5.41) is 5.05. The fraction of sp³-hybridized carbons (Fsp3) is 0.136. The maximum atomic E-state index is 13.6. The molecule has 31 heavy (non-hydrogen) atoms. The van der Waals surface area contributed by atoms with E-state index in [0.29, 0.717) is 33.9 Å². The van der Waals surface area contributed by atoms with Gasteiger partial charge in [0.25, 0.3) is 11.8 Å². The van der Waals surface area contributed by atoms with E-state index in [1.807, 2.05) is 6.07 Å². The van der Waals surface area contributed by atoms with E-state index in [2.05, 4.69) is 15.1 Å². The predicted octanol–water partition coefficient (Wildman–Crippen LogP) is 2.85. The first kappa shape index (κ1) is 18.7. The van der Waals surface area contributed by atoms with Gasteiger partial charge in [0.15, 0.2) is 5.65 Å². The monoisotopic (exact) mass is 415 g/mol. The molecule has 0 saturated carbocycles. The van der Waals surface area contributed by atoms with E-state index >= 15 is 0 Å². The standard InChI is InChI=1S/C22H17N5O4/c1-26-20-18(19(25-26)12-5-4-8-23-10-12)17-14(11-24-20)21(28)27(22(17)29)15-9-13(30-2)6-7-16(15)31-3/h4-11H,1-3H3. The summed E-state index contributed by atoms with van der Waals surface area (Å²) >= 11 is 0. The molecule has 0 saturated heterocycles. The van der Waals surface area contributed by atoms with Gasteiger partial charge in [-0.25, -0.2) is 14.6 Å². The second kappa shape index (κ2) is 6.91. The second-order valence-corrected chi connectivity index (χ2v) is 6.94. The van der Waals surface area contributed by atoms with E-state index in [-0.39, 0.29) is 11.1 Å². The van der Waals surface area contributed by atoms with E-state index in [1.54, 1.807) is 48.4 Å². The van der Waals surface area contributed by atoms with Crippen molar-refractivity contribution in [2.75, 3.05) is 19.1 Å². The van der Waals surface area contributed by atoms with Gasteiger partial charge in [0, 0.05) is 37.3 Å². The van der Waals surface area contributed by atoms with E-state index in [0.717, 1.165) is 10.5 Å². The van der Waals surface area contributed by atoms with Gasteiger partial charge in [0.05, 0.1) is 36.4 Å². The van der Waals surface area contributed by atoms with Gasteiger partial charge in [-0.05, 0) is 24.3 Å². The maximum Gasteiger partial charge on any atom is 0.267 e. The van der Waals surface area contributed by atoms with Crippen LogP contribution in [-0.4, -0.2) is 45.8 Å². The summed E-state index contributed by atoms with van der Waals surface area (Å²) in [6.45, 7) is 0. The number of pyridine rings is 2. The molecule has 154 valence electrons. The Balaban J connectivity index is 1.76. The Morgan fingerprint density at radius 3 is 2.55 bits per heavy atom. The van der Waals surface area contributed by atoms with Gasteiger partial charge >= 0.3 is 0 Å².